The van der Waals surface area contributed by atoms with Gasteiger partial charge in [-0.2, -0.15) is 0 Å². The molecule has 0 aliphatic carbocycles. The Balaban J connectivity index is 0. The largest absolute Gasteiger partial charge is 1.00 e. The first-order valence-electron chi connectivity index (χ1n) is 3.60. The van der Waals surface area contributed by atoms with Gasteiger partial charge in [-0.05, 0) is 0 Å². The van der Waals surface area contributed by atoms with Crippen LogP contribution in [0.3, 0.4) is 0 Å². The molecule has 0 amide bonds. The van der Waals surface area contributed by atoms with Gasteiger partial charge in [0.15, 0.2) is 0 Å². The summed E-state index contributed by atoms with van der Waals surface area (Å²) in [6, 6.07) is 0. The molecule has 9 heavy (non-hydrogen) atoms. The fourth-order valence-corrected chi connectivity index (χ4v) is 1.03. The Hall–Kier alpha value is 1.06. The van der Waals surface area contributed by atoms with E-state index < -0.39 is 0 Å². The standard InChI is InChI=1S/C7H15.ClH.Mg/c1-3-5-7-6-4-2;;/h3H,4-7H2,1-2H3;1H;/q;;+1/p-1. The molecule has 0 nitrogen and oxygen atoms in total. The van der Waals surface area contributed by atoms with Gasteiger partial charge in [-0.1, -0.05) is 0 Å². The van der Waals surface area contributed by atoms with E-state index >= 15 is 0 Å². The van der Waals surface area contributed by atoms with E-state index in [1.807, 2.05) is 0 Å². The summed E-state index contributed by atoms with van der Waals surface area (Å²) in [7, 11) is 0. The maximum Gasteiger partial charge on any atom is -1.00 e. The van der Waals surface area contributed by atoms with Crippen LogP contribution in [-0.4, -0.2) is 21.7 Å². The van der Waals surface area contributed by atoms with Crippen molar-refractivity contribution in [3.63, 3.8) is 0 Å². The van der Waals surface area contributed by atoms with Gasteiger partial charge >= 0.3 is 65.3 Å². The number of hydrogen-bond acceptors (Lipinski definition) is 0. The van der Waals surface area contributed by atoms with E-state index in [0.29, 0.717) is 0 Å². The molecular weight excluding hydrogens is 144 g/mol. The molecule has 0 radical (unpaired) electrons. The zero-order chi connectivity index (χ0) is 6.41. The maximum atomic E-state index is 2.30. The number of unbranched alkanes of at least 4 members (excludes halogenated alkanes) is 2. The zero-order valence-electron chi connectivity index (χ0n) is 6.49. The van der Waals surface area contributed by atoms with Crippen LogP contribution in [-0.2, 0) is 0 Å². The quantitative estimate of drug-likeness (QED) is 0.385. The molecule has 2 heteroatoms. The molecule has 0 spiro atoms. The normalized spacial score (nSPS) is 12.4. The monoisotopic (exact) mass is 158 g/mol. The van der Waals surface area contributed by atoms with Crippen molar-refractivity contribution < 1.29 is 12.4 Å². The summed E-state index contributed by atoms with van der Waals surface area (Å²) in [5, 5.41) is 0. The fourth-order valence-electron chi connectivity index (χ4n) is 0.743. The average molecular weight is 159 g/mol. The molecule has 0 N–H and O–H groups in total. The third-order valence-electron chi connectivity index (χ3n) is 1.30. The molecule has 0 saturated carbocycles. The molecule has 1 unspecified atom stereocenters. The minimum absolute atomic E-state index is 0. The Kier molecular flexibility index (Phi) is 12.8. The van der Waals surface area contributed by atoms with Gasteiger partial charge < -0.3 is 12.4 Å². The second kappa shape index (κ2) is 9.06. The Labute approximate surface area is 77.6 Å². The molecule has 0 bridgehead atoms. The Morgan fingerprint density at radius 1 is 1.33 bits per heavy atom. The third-order valence-corrected chi connectivity index (χ3v) is 1.71. The third kappa shape index (κ3) is 12.3. The van der Waals surface area contributed by atoms with Crippen molar-refractivity contribution in [2.75, 3.05) is 0 Å². The van der Waals surface area contributed by atoms with E-state index in [2.05, 4.69) is 35.6 Å². The van der Waals surface area contributed by atoms with Crippen molar-refractivity contribution in [3.8, 4) is 0 Å². The van der Waals surface area contributed by atoms with Gasteiger partial charge in [0.2, 0.25) is 0 Å². The van der Waals surface area contributed by atoms with E-state index in [1.54, 1.807) is 0 Å². The van der Waals surface area contributed by atoms with Gasteiger partial charge in [0.05, 0.1) is 0 Å². The van der Waals surface area contributed by atoms with E-state index in [1.165, 1.54) is 25.7 Å². The Morgan fingerprint density at radius 3 is 2.22 bits per heavy atom. The first kappa shape index (κ1) is 12.7. The zero-order valence-corrected chi connectivity index (χ0v) is 8.66. The first-order valence-corrected chi connectivity index (χ1v) is 4.42. The van der Waals surface area contributed by atoms with Crippen LogP contribution in [0.25, 0.3) is 0 Å². The Morgan fingerprint density at radius 2 is 1.89 bits per heavy atom. The average Bonchev–Trinajstić information content (AvgIpc) is 1.66. The van der Waals surface area contributed by atoms with Gasteiger partial charge in [-0.15, -0.1) is 0 Å². The number of hydrogen-bond donors (Lipinski definition) is 0. The molecule has 0 aliphatic rings. The Bertz CT molecular complexity index is 46.2. The molecular formula is C7H15ClMg. The van der Waals surface area contributed by atoms with Gasteiger partial charge in [0.25, 0.3) is 0 Å². The van der Waals surface area contributed by atoms with Crippen LogP contribution in [0.4, 0.5) is 0 Å². The minimum atomic E-state index is 0. The van der Waals surface area contributed by atoms with Gasteiger partial charge in [-0.25, -0.2) is 0 Å². The summed E-state index contributed by atoms with van der Waals surface area (Å²) in [6.07, 6.45) is 5.63. The smallest absolute Gasteiger partial charge is 1.00 e. The summed E-state index contributed by atoms with van der Waals surface area (Å²) in [4.78, 5) is 0. The van der Waals surface area contributed by atoms with Crippen molar-refractivity contribution in [2.45, 2.75) is 43.6 Å². The minimum Gasteiger partial charge on any atom is -1.00 e. The van der Waals surface area contributed by atoms with Gasteiger partial charge in [0, 0.05) is 0 Å². The molecule has 0 saturated heterocycles. The van der Waals surface area contributed by atoms with Crippen LogP contribution in [0.2, 0.25) is 4.05 Å². The summed E-state index contributed by atoms with van der Waals surface area (Å²) in [6.45, 7) is 4.55. The molecule has 52 valence electrons. The molecule has 0 rings (SSSR count). The molecule has 0 heterocycles. The van der Waals surface area contributed by atoms with Crippen LogP contribution in [0.1, 0.15) is 39.5 Å². The van der Waals surface area contributed by atoms with Crippen LogP contribution < -0.4 is 12.4 Å². The van der Waals surface area contributed by atoms with Crippen molar-refractivity contribution in [3.05, 3.63) is 0 Å². The molecule has 0 aromatic carbocycles. The second-order valence-electron chi connectivity index (χ2n) is 2.60. The first-order chi connectivity index (χ1) is 3.77. The summed E-state index contributed by atoms with van der Waals surface area (Å²) in [5.41, 5.74) is 0. The van der Waals surface area contributed by atoms with Crippen LogP contribution in [0, 0.1) is 0 Å². The predicted molar refractivity (Wildman–Crippen MR) is 39.3 cm³/mol. The van der Waals surface area contributed by atoms with Crippen molar-refractivity contribution in [1.29, 1.82) is 0 Å². The van der Waals surface area contributed by atoms with E-state index in [4.69, 9.17) is 0 Å². The number of halogens is 1. The fraction of sp³-hybridized carbons (Fsp3) is 1.00. The van der Waals surface area contributed by atoms with E-state index in [0.717, 1.165) is 4.05 Å². The van der Waals surface area contributed by atoms with Gasteiger partial charge in [0.1, 0.15) is 0 Å². The van der Waals surface area contributed by atoms with Crippen LogP contribution in [0.15, 0.2) is 0 Å². The molecule has 1 atom stereocenters. The number of rotatable bonds is 4. The SMILES string of the molecule is CCCCC[CH](C)[Mg+].[Cl-]. The maximum absolute atomic E-state index is 2.30. The van der Waals surface area contributed by atoms with Crippen molar-refractivity contribution in [2.24, 2.45) is 0 Å². The van der Waals surface area contributed by atoms with Gasteiger partial charge in [-0.3, -0.25) is 0 Å². The molecule has 0 aromatic rings. The second-order valence-corrected chi connectivity index (χ2v) is 3.99. The van der Waals surface area contributed by atoms with E-state index in [-0.39, 0.29) is 12.4 Å². The summed E-state index contributed by atoms with van der Waals surface area (Å²) in [5.74, 6) is 0. The van der Waals surface area contributed by atoms with Crippen LogP contribution >= 0.6 is 0 Å². The van der Waals surface area contributed by atoms with E-state index in [9.17, 15) is 0 Å². The molecule has 0 aliphatic heterocycles. The van der Waals surface area contributed by atoms with Crippen molar-refractivity contribution >= 4 is 21.7 Å². The topological polar surface area (TPSA) is 0 Å². The predicted octanol–water partition coefficient (Wildman–Crippen LogP) is -0.452. The van der Waals surface area contributed by atoms with Crippen molar-refractivity contribution in [1.82, 2.24) is 0 Å². The summed E-state index contributed by atoms with van der Waals surface area (Å²) >= 11 is 2.11. The molecule has 0 aromatic heterocycles. The molecule has 0 fully saturated rings. The van der Waals surface area contributed by atoms with Crippen LogP contribution in [0.5, 0.6) is 0 Å². The summed E-state index contributed by atoms with van der Waals surface area (Å²) < 4.78 is 0.932.